The molecule has 0 spiro atoms. The molecule has 3 rings (SSSR count). The van der Waals surface area contributed by atoms with Crippen molar-refractivity contribution in [3.8, 4) is 11.4 Å². The first-order valence-electron chi connectivity index (χ1n) is 7.56. The van der Waals surface area contributed by atoms with Crippen LogP contribution in [0, 0.1) is 0 Å². The molecule has 7 nitrogen and oxygen atoms in total. The van der Waals surface area contributed by atoms with Crippen LogP contribution in [0.2, 0.25) is 0 Å². The number of piperidine rings is 1. The lowest BCUT2D eigenvalue weighted by Gasteiger charge is -2.33. The lowest BCUT2D eigenvalue weighted by molar-refractivity contribution is -0.135. The highest BCUT2D eigenvalue weighted by Gasteiger charge is 2.23. The first kappa shape index (κ1) is 14.5. The van der Waals surface area contributed by atoms with Crippen LogP contribution in [-0.2, 0) is 11.3 Å². The Morgan fingerprint density at radius 1 is 1.32 bits per heavy atom. The summed E-state index contributed by atoms with van der Waals surface area (Å²) < 4.78 is 0. The zero-order chi connectivity index (χ0) is 15.5. The van der Waals surface area contributed by atoms with E-state index >= 15 is 0 Å². The maximum atomic E-state index is 12.3. The largest absolute Gasteiger partial charge is 0.399 e. The van der Waals surface area contributed by atoms with Gasteiger partial charge < -0.3 is 10.6 Å². The monoisotopic (exact) mass is 300 g/mol. The topological polar surface area (TPSA) is 89.9 Å². The van der Waals surface area contributed by atoms with E-state index in [4.69, 9.17) is 5.73 Å². The summed E-state index contributed by atoms with van der Waals surface area (Å²) in [6.07, 6.45) is 3.32. The number of carbonyl (C=O) groups is 1. The number of nitrogens with zero attached hydrogens (tertiary/aromatic N) is 5. The number of carbonyl (C=O) groups excluding carboxylic acids is 1. The highest BCUT2D eigenvalue weighted by molar-refractivity contribution is 5.76. The van der Waals surface area contributed by atoms with Gasteiger partial charge in [-0.15, -0.1) is 10.2 Å². The van der Waals surface area contributed by atoms with Crippen molar-refractivity contribution < 1.29 is 4.79 Å². The standard InChI is InChI=1S/C15H20N6O/c1-11-4-2-3-9-20(11)14(22)10-21-18-15(17-19-21)12-5-7-13(16)8-6-12/h5-8,11H,2-4,9-10,16H2,1H3. The van der Waals surface area contributed by atoms with Gasteiger partial charge in [0.2, 0.25) is 11.7 Å². The smallest absolute Gasteiger partial charge is 0.246 e. The number of nitrogens with two attached hydrogens (primary N) is 1. The normalized spacial score (nSPS) is 18.4. The van der Waals surface area contributed by atoms with Crippen LogP contribution in [-0.4, -0.2) is 43.6 Å². The average Bonchev–Trinajstić information content (AvgIpc) is 2.97. The molecule has 116 valence electrons. The molecule has 0 radical (unpaired) electrons. The minimum absolute atomic E-state index is 0.0495. The molecular formula is C15H20N6O. The fraction of sp³-hybridized carbons (Fsp3) is 0.467. The zero-order valence-corrected chi connectivity index (χ0v) is 12.6. The molecule has 1 atom stereocenters. The molecule has 2 heterocycles. The van der Waals surface area contributed by atoms with Crippen LogP contribution in [0.1, 0.15) is 26.2 Å². The highest BCUT2D eigenvalue weighted by atomic mass is 16.2. The number of likely N-dealkylation sites (tertiary alicyclic amines) is 1. The Bertz CT molecular complexity index is 650. The number of benzene rings is 1. The fourth-order valence-electron chi connectivity index (χ4n) is 2.74. The van der Waals surface area contributed by atoms with Crippen LogP contribution in [0.5, 0.6) is 0 Å². The van der Waals surface area contributed by atoms with Crippen molar-refractivity contribution in [3.63, 3.8) is 0 Å². The van der Waals surface area contributed by atoms with Crippen LogP contribution in [0.15, 0.2) is 24.3 Å². The maximum absolute atomic E-state index is 12.3. The molecule has 22 heavy (non-hydrogen) atoms. The van der Waals surface area contributed by atoms with Crippen molar-refractivity contribution in [2.24, 2.45) is 0 Å². The summed E-state index contributed by atoms with van der Waals surface area (Å²) in [5, 5.41) is 12.3. The second-order valence-corrected chi connectivity index (χ2v) is 5.70. The number of anilines is 1. The van der Waals surface area contributed by atoms with Gasteiger partial charge in [-0.2, -0.15) is 4.80 Å². The number of aromatic nitrogens is 4. The molecular weight excluding hydrogens is 280 g/mol. The van der Waals surface area contributed by atoms with Crippen molar-refractivity contribution in [1.82, 2.24) is 25.1 Å². The highest BCUT2D eigenvalue weighted by Crippen LogP contribution is 2.17. The van der Waals surface area contributed by atoms with Gasteiger partial charge in [-0.3, -0.25) is 4.79 Å². The van der Waals surface area contributed by atoms with E-state index < -0.39 is 0 Å². The van der Waals surface area contributed by atoms with Gasteiger partial charge in [-0.25, -0.2) is 0 Å². The molecule has 1 aliphatic heterocycles. The Morgan fingerprint density at radius 3 is 2.82 bits per heavy atom. The van der Waals surface area contributed by atoms with E-state index in [9.17, 15) is 4.79 Å². The van der Waals surface area contributed by atoms with Gasteiger partial charge in [0.25, 0.3) is 0 Å². The summed E-state index contributed by atoms with van der Waals surface area (Å²) in [6, 6.07) is 7.55. The fourth-order valence-corrected chi connectivity index (χ4v) is 2.74. The Hall–Kier alpha value is -2.44. The van der Waals surface area contributed by atoms with Crippen molar-refractivity contribution in [2.45, 2.75) is 38.8 Å². The summed E-state index contributed by atoms with van der Waals surface area (Å²) in [5.41, 5.74) is 7.18. The van der Waals surface area contributed by atoms with Crippen LogP contribution in [0.4, 0.5) is 5.69 Å². The number of rotatable bonds is 3. The first-order chi connectivity index (χ1) is 10.6. The SMILES string of the molecule is CC1CCCCN1C(=O)Cn1nnc(-c2ccc(N)cc2)n1. The second kappa shape index (κ2) is 6.13. The van der Waals surface area contributed by atoms with E-state index in [1.165, 1.54) is 11.2 Å². The minimum Gasteiger partial charge on any atom is -0.399 e. The molecule has 1 aromatic carbocycles. The summed E-state index contributed by atoms with van der Waals surface area (Å²) in [4.78, 5) is 15.6. The molecule has 1 aromatic heterocycles. The predicted molar refractivity (Wildman–Crippen MR) is 82.7 cm³/mol. The lowest BCUT2D eigenvalue weighted by Crippen LogP contribution is -2.43. The molecule has 2 N–H and O–H groups in total. The van der Waals surface area contributed by atoms with Crippen molar-refractivity contribution in [1.29, 1.82) is 0 Å². The van der Waals surface area contributed by atoms with E-state index in [0.29, 0.717) is 17.6 Å². The molecule has 0 aliphatic carbocycles. The zero-order valence-electron chi connectivity index (χ0n) is 12.6. The van der Waals surface area contributed by atoms with Gasteiger partial charge in [0, 0.05) is 23.8 Å². The van der Waals surface area contributed by atoms with E-state index in [2.05, 4.69) is 22.3 Å². The first-order valence-corrected chi connectivity index (χ1v) is 7.56. The third kappa shape index (κ3) is 3.08. The molecule has 0 saturated carbocycles. The van der Waals surface area contributed by atoms with E-state index in [0.717, 1.165) is 24.9 Å². The summed E-state index contributed by atoms with van der Waals surface area (Å²) in [5.74, 6) is 0.549. The average molecular weight is 300 g/mol. The van der Waals surface area contributed by atoms with E-state index in [1.54, 1.807) is 12.1 Å². The molecule has 1 saturated heterocycles. The number of hydrogen-bond donors (Lipinski definition) is 1. The molecule has 7 heteroatoms. The van der Waals surface area contributed by atoms with Crippen LogP contribution >= 0.6 is 0 Å². The van der Waals surface area contributed by atoms with Gasteiger partial charge in [-0.05, 0) is 55.7 Å². The minimum atomic E-state index is 0.0495. The Balaban J connectivity index is 1.68. The van der Waals surface area contributed by atoms with Crippen LogP contribution in [0.25, 0.3) is 11.4 Å². The van der Waals surface area contributed by atoms with E-state index in [1.807, 2.05) is 17.0 Å². The quantitative estimate of drug-likeness (QED) is 0.863. The van der Waals surface area contributed by atoms with Gasteiger partial charge >= 0.3 is 0 Å². The number of amides is 1. The van der Waals surface area contributed by atoms with Crippen LogP contribution < -0.4 is 5.73 Å². The summed E-state index contributed by atoms with van der Waals surface area (Å²) in [7, 11) is 0. The van der Waals surface area contributed by atoms with Gasteiger partial charge in [0.05, 0.1) is 0 Å². The van der Waals surface area contributed by atoms with Crippen molar-refractivity contribution >= 4 is 11.6 Å². The lowest BCUT2D eigenvalue weighted by atomic mass is 10.0. The summed E-state index contributed by atoms with van der Waals surface area (Å²) >= 11 is 0. The van der Waals surface area contributed by atoms with Crippen LogP contribution in [0.3, 0.4) is 0 Å². The van der Waals surface area contributed by atoms with Gasteiger partial charge in [0.15, 0.2) is 0 Å². The van der Waals surface area contributed by atoms with Gasteiger partial charge in [-0.1, -0.05) is 0 Å². The molecule has 1 aliphatic rings. The van der Waals surface area contributed by atoms with Gasteiger partial charge in [0.1, 0.15) is 6.54 Å². The molecule has 1 unspecified atom stereocenters. The Kier molecular flexibility index (Phi) is 4.04. The third-order valence-electron chi connectivity index (χ3n) is 4.02. The molecule has 2 aromatic rings. The predicted octanol–water partition coefficient (Wildman–Crippen LogP) is 1.32. The van der Waals surface area contributed by atoms with Crippen molar-refractivity contribution in [2.75, 3.05) is 12.3 Å². The van der Waals surface area contributed by atoms with E-state index in [-0.39, 0.29) is 12.5 Å². The number of hydrogen-bond acceptors (Lipinski definition) is 5. The Labute approximate surface area is 129 Å². The number of nitrogen functional groups attached to an aromatic ring is 1. The molecule has 0 bridgehead atoms. The summed E-state index contributed by atoms with van der Waals surface area (Å²) in [6.45, 7) is 3.04. The third-order valence-corrected chi connectivity index (χ3v) is 4.02. The maximum Gasteiger partial charge on any atom is 0.246 e. The van der Waals surface area contributed by atoms with Crippen molar-refractivity contribution in [3.05, 3.63) is 24.3 Å². The molecule has 1 fully saturated rings. The molecule has 1 amide bonds. The second-order valence-electron chi connectivity index (χ2n) is 5.70. The Morgan fingerprint density at radius 2 is 2.09 bits per heavy atom. The number of tetrazole rings is 1.